The number of carbonyl (C=O) groups excluding carboxylic acids is 3. The van der Waals surface area contributed by atoms with Crippen molar-refractivity contribution < 1.29 is 19.1 Å². The number of carbonyl (C=O) groups is 3. The Morgan fingerprint density at radius 2 is 1.78 bits per heavy atom. The van der Waals surface area contributed by atoms with Crippen LogP contribution in [-0.4, -0.2) is 45.4 Å². The molecule has 9 nitrogen and oxygen atoms in total. The van der Waals surface area contributed by atoms with Gasteiger partial charge in [0, 0.05) is 22.7 Å². The van der Waals surface area contributed by atoms with E-state index in [0.29, 0.717) is 22.8 Å². The molecule has 41 heavy (non-hydrogen) atoms. The molecule has 0 spiro atoms. The van der Waals surface area contributed by atoms with Crippen LogP contribution in [-0.2, 0) is 10.2 Å². The van der Waals surface area contributed by atoms with Gasteiger partial charge in [-0.3, -0.25) is 10.1 Å². The van der Waals surface area contributed by atoms with Crippen molar-refractivity contribution >= 4 is 29.5 Å². The Morgan fingerprint density at radius 1 is 1.10 bits per heavy atom. The monoisotopic (exact) mass is 557 g/mol. The summed E-state index contributed by atoms with van der Waals surface area (Å²) >= 11 is 0. The van der Waals surface area contributed by atoms with Crippen LogP contribution >= 0.6 is 0 Å². The number of nitrogens with one attached hydrogen (secondary N) is 2. The normalized spacial score (nSPS) is 15.0. The number of hydrogen-bond acceptors (Lipinski definition) is 5. The predicted octanol–water partition coefficient (Wildman–Crippen LogP) is 7.32. The summed E-state index contributed by atoms with van der Waals surface area (Å²) in [6.45, 7) is 15.5. The Kier molecular flexibility index (Phi) is 10.2. The van der Waals surface area contributed by atoms with E-state index in [9.17, 15) is 14.4 Å². The molecule has 216 valence electrons. The fraction of sp³-hybridized carbons (Fsp3) is 0.312. The Balaban J connectivity index is 0.00000108. The molecule has 2 heterocycles. The van der Waals surface area contributed by atoms with Crippen LogP contribution in [0.25, 0.3) is 5.69 Å². The smallest absolute Gasteiger partial charge is 0.417 e. The van der Waals surface area contributed by atoms with E-state index >= 15 is 0 Å². The van der Waals surface area contributed by atoms with Crippen molar-refractivity contribution in [3.05, 3.63) is 96.2 Å². The molecule has 1 fully saturated rings. The van der Waals surface area contributed by atoms with Gasteiger partial charge in [-0.15, -0.1) is 6.58 Å². The minimum Gasteiger partial charge on any atom is -0.447 e. The molecule has 0 aliphatic carbocycles. The highest BCUT2D eigenvalue weighted by atomic mass is 16.6. The van der Waals surface area contributed by atoms with Crippen molar-refractivity contribution in [1.82, 2.24) is 14.7 Å². The standard InChI is InChI=1S/C28H31N5O4.C4H8/c1-6-18(2)22-17-37-27(36)32(22)25(34)19-11-10-14-21(15-19)33-24(16-23(31-33)28(3,4)5)30-26(35)29-20-12-8-7-9-13-20;1-3-4-2/h6-16,22H,17H2,1-5H3,(H2,29,30,35);3H,1,4H2,2H3/b18-6+;. The van der Waals surface area contributed by atoms with Crippen LogP contribution in [0.15, 0.2) is 85.0 Å². The molecule has 1 aliphatic rings. The molecule has 4 amide bonds. The number of nitrogens with zero attached hydrogens (tertiary/aromatic N) is 3. The number of cyclic esters (lactones) is 1. The number of ether oxygens (including phenoxy) is 1. The van der Waals surface area contributed by atoms with Gasteiger partial charge in [0.1, 0.15) is 12.4 Å². The lowest BCUT2D eigenvalue weighted by atomic mass is 9.92. The Labute approximate surface area is 241 Å². The zero-order chi connectivity index (χ0) is 30.2. The summed E-state index contributed by atoms with van der Waals surface area (Å²) < 4.78 is 6.75. The summed E-state index contributed by atoms with van der Waals surface area (Å²) in [6, 6.07) is 16.8. The number of allylic oxidation sites excluding steroid dienone is 2. The molecule has 2 N–H and O–H groups in total. The lowest BCUT2D eigenvalue weighted by molar-refractivity contribution is 0.0786. The third-order valence-corrected chi connectivity index (χ3v) is 6.45. The molecule has 0 radical (unpaired) electrons. The third-order valence-electron chi connectivity index (χ3n) is 6.45. The molecule has 2 aromatic carbocycles. The van der Waals surface area contributed by atoms with Crippen molar-refractivity contribution in [2.45, 2.75) is 59.4 Å². The van der Waals surface area contributed by atoms with Gasteiger partial charge in [-0.05, 0) is 50.6 Å². The molecular formula is C32H39N5O4. The SMILES string of the molecule is C/C=C(\C)C1COC(=O)N1C(=O)c1cccc(-n2nc(C(C)(C)C)cc2NC(=O)Nc2ccccc2)c1.C=CCC. The summed E-state index contributed by atoms with van der Waals surface area (Å²) in [5, 5.41) is 10.4. The van der Waals surface area contributed by atoms with Gasteiger partial charge in [-0.1, -0.05) is 69.7 Å². The molecule has 1 aliphatic heterocycles. The first-order valence-electron chi connectivity index (χ1n) is 13.6. The quantitative estimate of drug-likeness (QED) is 0.309. The highest BCUT2D eigenvalue weighted by Crippen LogP contribution is 2.28. The number of hydrogen-bond donors (Lipinski definition) is 2. The Hall–Kier alpha value is -4.66. The van der Waals surface area contributed by atoms with Crippen molar-refractivity contribution in [3.63, 3.8) is 0 Å². The lowest BCUT2D eigenvalue weighted by Crippen LogP contribution is -2.39. The van der Waals surface area contributed by atoms with Gasteiger partial charge in [-0.2, -0.15) is 5.10 Å². The van der Waals surface area contributed by atoms with Crippen molar-refractivity contribution in [1.29, 1.82) is 0 Å². The van der Waals surface area contributed by atoms with Crippen molar-refractivity contribution in [2.24, 2.45) is 0 Å². The van der Waals surface area contributed by atoms with Crippen LogP contribution in [0.3, 0.4) is 0 Å². The number of amides is 4. The highest BCUT2D eigenvalue weighted by molar-refractivity contribution is 6.04. The molecular weight excluding hydrogens is 518 g/mol. The van der Waals surface area contributed by atoms with Gasteiger partial charge >= 0.3 is 12.1 Å². The lowest BCUT2D eigenvalue weighted by Gasteiger charge is -2.20. The van der Waals surface area contributed by atoms with Crippen LogP contribution in [0, 0.1) is 0 Å². The average molecular weight is 558 g/mol. The van der Waals surface area contributed by atoms with E-state index in [1.165, 1.54) is 0 Å². The maximum atomic E-state index is 13.4. The number of para-hydroxylation sites is 1. The second-order valence-electron chi connectivity index (χ2n) is 10.6. The van der Waals surface area contributed by atoms with E-state index in [2.05, 4.69) is 24.1 Å². The van der Waals surface area contributed by atoms with E-state index < -0.39 is 24.1 Å². The summed E-state index contributed by atoms with van der Waals surface area (Å²) in [5.41, 5.74) is 2.85. The van der Waals surface area contributed by atoms with Crippen molar-refractivity contribution in [2.75, 3.05) is 17.2 Å². The molecule has 3 aromatic rings. The maximum absolute atomic E-state index is 13.4. The second kappa shape index (κ2) is 13.6. The van der Waals surface area contributed by atoms with Crippen molar-refractivity contribution in [3.8, 4) is 5.69 Å². The van der Waals surface area contributed by atoms with Gasteiger partial charge in [0.05, 0.1) is 17.4 Å². The summed E-state index contributed by atoms with van der Waals surface area (Å²) in [4.78, 5) is 39.7. The van der Waals surface area contributed by atoms with E-state index in [-0.39, 0.29) is 12.0 Å². The Bertz CT molecular complexity index is 1420. The number of aromatic nitrogens is 2. The minimum atomic E-state index is -0.671. The maximum Gasteiger partial charge on any atom is 0.417 e. The zero-order valence-corrected chi connectivity index (χ0v) is 24.6. The van der Waals surface area contributed by atoms with Gasteiger partial charge in [-0.25, -0.2) is 19.2 Å². The first kappa shape index (κ1) is 30.9. The van der Waals surface area contributed by atoms with Gasteiger partial charge in [0.25, 0.3) is 5.91 Å². The van der Waals surface area contributed by atoms with Crippen LogP contribution in [0.2, 0.25) is 0 Å². The molecule has 0 saturated carbocycles. The summed E-state index contributed by atoms with van der Waals surface area (Å²) in [5.74, 6) is -0.0266. The second-order valence-corrected chi connectivity index (χ2v) is 10.6. The fourth-order valence-corrected chi connectivity index (χ4v) is 3.92. The largest absolute Gasteiger partial charge is 0.447 e. The molecule has 1 unspecified atom stereocenters. The first-order valence-corrected chi connectivity index (χ1v) is 13.6. The predicted molar refractivity (Wildman–Crippen MR) is 163 cm³/mol. The topological polar surface area (TPSA) is 106 Å². The van der Waals surface area contributed by atoms with Gasteiger partial charge < -0.3 is 10.1 Å². The molecule has 0 bridgehead atoms. The van der Waals surface area contributed by atoms with Crippen LogP contribution in [0.4, 0.5) is 21.1 Å². The molecule has 1 aromatic heterocycles. The fourth-order valence-electron chi connectivity index (χ4n) is 3.92. The molecule has 1 saturated heterocycles. The average Bonchev–Trinajstić information content (AvgIpc) is 3.56. The van der Waals surface area contributed by atoms with Crippen LogP contribution in [0.5, 0.6) is 0 Å². The number of imide groups is 1. The Morgan fingerprint density at radius 3 is 2.39 bits per heavy atom. The molecule has 4 rings (SSSR count). The third kappa shape index (κ3) is 7.72. The minimum absolute atomic E-state index is 0.124. The summed E-state index contributed by atoms with van der Waals surface area (Å²) in [7, 11) is 0. The van der Waals surface area contributed by atoms with Gasteiger partial charge in [0.2, 0.25) is 0 Å². The number of anilines is 2. The van der Waals surface area contributed by atoms with E-state index in [0.717, 1.165) is 22.6 Å². The van der Waals surface area contributed by atoms with E-state index in [1.54, 1.807) is 41.1 Å². The number of rotatable bonds is 6. The number of benzene rings is 2. The van der Waals surface area contributed by atoms with Crippen LogP contribution in [0.1, 0.15) is 64.0 Å². The molecule has 1 atom stereocenters. The van der Waals surface area contributed by atoms with Gasteiger partial charge in [0.15, 0.2) is 0 Å². The summed E-state index contributed by atoms with van der Waals surface area (Å²) in [6.07, 6.45) is 4.15. The number of urea groups is 1. The first-order chi connectivity index (χ1) is 19.5. The van der Waals surface area contributed by atoms with Crippen LogP contribution < -0.4 is 10.6 Å². The zero-order valence-electron chi connectivity index (χ0n) is 24.6. The molecule has 9 heteroatoms. The van der Waals surface area contributed by atoms with E-state index in [1.807, 2.05) is 71.0 Å². The highest BCUT2D eigenvalue weighted by Gasteiger charge is 2.39. The van der Waals surface area contributed by atoms with E-state index in [4.69, 9.17) is 9.84 Å².